The molecule has 9 nitrogen and oxygen atoms in total. The predicted molar refractivity (Wildman–Crippen MR) is 111 cm³/mol. The number of carbonyl (C=O) groups excluding carboxylic acids is 1. The van der Waals surface area contributed by atoms with Gasteiger partial charge in [-0.1, -0.05) is 0 Å². The molecular weight excluding hydrogens is 386 g/mol. The highest BCUT2D eigenvalue weighted by molar-refractivity contribution is 5.95. The summed E-state index contributed by atoms with van der Waals surface area (Å²) in [6.45, 7) is 2.46. The van der Waals surface area contributed by atoms with Crippen LogP contribution in [-0.2, 0) is 0 Å². The minimum absolute atomic E-state index is 0.129. The van der Waals surface area contributed by atoms with Crippen LogP contribution in [-0.4, -0.2) is 58.6 Å². The largest absolute Gasteiger partial charge is 0.497 e. The van der Waals surface area contributed by atoms with Gasteiger partial charge >= 0.3 is 0 Å². The summed E-state index contributed by atoms with van der Waals surface area (Å²) in [6.07, 6.45) is 4.66. The highest BCUT2D eigenvalue weighted by atomic mass is 16.6. The molecule has 0 radical (unpaired) electrons. The quantitative estimate of drug-likeness (QED) is 0.477. The van der Waals surface area contributed by atoms with Crippen LogP contribution in [0.2, 0.25) is 0 Å². The van der Waals surface area contributed by atoms with Crippen LogP contribution in [0, 0.1) is 10.1 Å². The Balaban J connectivity index is 1.47. The van der Waals surface area contributed by atoms with Crippen molar-refractivity contribution in [1.82, 2.24) is 14.5 Å². The van der Waals surface area contributed by atoms with Crippen LogP contribution in [0.25, 0.3) is 5.69 Å². The molecule has 2 aromatic carbocycles. The molecule has 0 saturated carbocycles. The summed E-state index contributed by atoms with van der Waals surface area (Å²) >= 11 is 0. The number of nitro groups is 1. The average molecular weight is 407 g/mol. The Hall–Kier alpha value is -3.88. The molecule has 4 rings (SSSR count). The summed E-state index contributed by atoms with van der Waals surface area (Å²) in [5.74, 6) is 0.595. The maximum absolute atomic E-state index is 12.9. The molecule has 0 spiro atoms. The predicted octanol–water partition coefficient (Wildman–Crippen LogP) is 2.75. The first-order valence-corrected chi connectivity index (χ1v) is 9.52. The molecule has 0 bridgehead atoms. The lowest BCUT2D eigenvalue weighted by Gasteiger charge is -2.36. The molecule has 1 amide bonds. The van der Waals surface area contributed by atoms with Crippen molar-refractivity contribution < 1.29 is 14.5 Å². The van der Waals surface area contributed by atoms with Gasteiger partial charge in [0, 0.05) is 55.9 Å². The molecule has 1 aliphatic rings. The normalized spacial score (nSPS) is 13.9. The van der Waals surface area contributed by atoms with Crippen molar-refractivity contribution >= 4 is 17.3 Å². The fourth-order valence-electron chi connectivity index (χ4n) is 3.57. The van der Waals surface area contributed by atoms with E-state index in [1.165, 1.54) is 12.4 Å². The summed E-state index contributed by atoms with van der Waals surface area (Å²) in [5.41, 5.74) is 1.63. The zero-order valence-corrected chi connectivity index (χ0v) is 16.5. The lowest BCUT2D eigenvalue weighted by Crippen LogP contribution is -2.48. The van der Waals surface area contributed by atoms with Gasteiger partial charge in [-0.3, -0.25) is 14.9 Å². The van der Waals surface area contributed by atoms with Crippen molar-refractivity contribution in [1.29, 1.82) is 0 Å². The lowest BCUT2D eigenvalue weighted by atomic mass is 10.1. The SMILES string of the molecule is COc1ccc(N2CCN(C(=O)c3ccc(-n4ccnc4)c([N+](=O)[O-])c3)CC2)cc1. The molecule has 0 atom stereocenters. The zero-order valence-electron chi connectivity index (χ0n) is 16.5. The molecule has 3 aromatic rings. The third-order valence-electron chi connectivity index (χ3n) is 5.21. The molecule has 0 aliphatic carbocycles. The van der Waals surface area contributed by atoms with Gasteiger partial charge in [-0.2, -0.15) is 0 Å². The second-order valence-electron chi connectivity index (χ2n) is 6.91. The van der Waals surface area contributed by atoms with Gasteiger partial charge in [0.05, 0.1) is 18.4 Å². The van der Waals surface area contributed by atoms with E-state index in [2.05, 4.69) is 9.88 Å². The topological polar surface area (TPSA) is 93.7 Å². The number of methoxy groups -OCH3 is 1. The number of carbonyl (C=O) groups is 1. The number of imidazole rings is 1. The average Bonchev–Trinajstić information content (AvgIpc) is 3.33. The van der Waals surface area contributed by atoms with E-state index in [1.807, 2.05) is 24.3 Å². The van der Waals surface area contributed by atoms with Crippen LogP contribution in [0.15, 0.2) is 61.2 Å². The van der Waals surface area contributed by atoms with Crippen LogP contribution in [0.4, 0.5) is 11.4 Å². The van der Waals surface area contributed by atoms with Gasteiger partial charge < -0.3 is 19.1 Å². The Morgan fingerprint density at radius 1 is 1.10 bits per heavy atom. The summed E-state index contributed by atoms with van der Waals surface area (Å²) in [7, 11) is 1.63. The minimum Gasteiger partial charge on any atom is -0.497 e. The first-order chi connectivity index (χ1) is 14.6. The molecule has 1 aliphatic heterocycles. The summed E-state index contributed by atoms with van der Waals surface area (Å²) in [5, 5.41) is 11.5. The number of piperazine rings is 1. The molecule has 30 heavy (non-hydrogen) atoms. The number of aromatic nitrogens is 2. The van der Waals surface area contributed by atoms with E-state index in [0.29, 0.717) is 37.4 Å². The van der Waals surface area contributed by atoms with Gasteiger partial charge in [-0.15, -0.1) is 0 Å². The van der Waals surface area contributed by atoms with Gasteiger partial charge in [0.15, 0.2) is 0 Å². The fraction of sp³-hybridized carbons (Fsp3) is 0.238. The number of hydrogen-bond acceptors (Lipinski definition) is 6. The Morgan fingerprint density at radius 3 is 2.43 bits per heavy atom. The summed E-state index contributed by atoms with van der Waals surface area (Å²) in [6, 6.07) is 12.4. The highest BCUT2D eigenvalue weighted by Crippen LogP contribution is 2.26. The number of rotatable bonds is 5. The van der Waals surface area contributed by atoms with Crippen molar-refractivity contribution in [3.8, 4) is 11.4 Å². The molecule has 9 heteroatoms. The van der Waals surface area contributed by atoms with Crippen molar-refractivity contribution in [2.24, 2.45) is 0 Å². The Morgan fingerprint density at radius 2 is 1.83 bits per heavy atom. The number of anilines is 1. The second-order valence-corrected chi connectivity index (χ2v) is 6.91. The molecule has 1 aromatic heterocycles. The van der Waals surface area contributed by atoms with Crippen LogP contribution < -0.4 is 9.64 Å². The number of amides is 1. The number of ether oxygens (including phenoxy) is 1. The van der Waals surface area contributed by atoms with Crippen LogP contribution in [0.3, 0.4) is 0 Å². The van der Waals surface area contributed by atoms with Gasteiger partial charge in [0.1, 0.15) is 11.4 Å². The number of hydrogen-bond donors (Lipinski definition) is 0. The Bertz CT molecular complexity index is 1040. The van der Waals surface area contributed by atoms with Crippen molar-refractivity contribution in [3.63, 3.8) is 0 Å². The third-order valence-corrected chi connectivity index (χ3v) is 5.21. The lowest BCUT2D eigenvalue weighted by molar-refractivity contribution is -0.384. The van der Waals surface area contributed by atoms with Gasteiger partial charge in [0.2, 0.25) is 0 Å². The van der Waals surface area contributed by atoms with E-state index in [1.54, 1.807) is 41.1 Å². The molecular formula is C21H21N5O4. The monoisotopic (exact) mass is 407 g/mol. The van der Waals surface area contributed by atoms with Crippen LogP contribution >= 0.6 is 0 Å². The van der Waals surface area contributed by atoms with E-state index < -0.39 is 4.92 Å². The molecule has 0 N–H and O–H groups in total. The van der Waals surface area contributed by atoms with Gasteiger partial charge in [0.25, 0.3) is 11.6 Å². The van der Waals surface area contributed by atoms with Crippen LogP contribution in [0.5, 0.6) is 5.75 Å². The third kappa shape index (κ3) is 3.82. The second kappa shape index (κ2) is 8.24. The Kier molecular flexibility index (Phi) is 5.34. The molecule has 154 valence electrons. The van der Waals surface area contributed by atoms with E-state index in [-0.39, 0.29) is 11.6 Å². The van der Waals surface area contributed by atoms with Gasteiger partial charge in [-0.25, -0.2) is 4.98 Å². The standard InChI is InChI=1S/C21H21N5O4/c1-30-18-5-3-17(4-6-18)23-10-12-24(13-11-23)21(27)16-2-7-19(20(14-16)26(28)29)25-9-8-22-15-25/h2-9,14-15H,10-13H2,1H3. The van der Waals surface area contributed by atoms with Crippen LogP contribution in [0.1, 0.15) is 10.4 Å². The van der Waals surface area contributed by atoms with E-state index in [4.69, 9.17) is 4.74 Å². The fourth-order valence-corrected chi connectivity index (χ4v) is 3.57. The van der Waals surface area contributed by atoms with Gasteiger partial charge in [-0.05, 0) is 36.4 Å². The van der Waals surface area contributed by atoms with Crippen molar-refractivity contribution in [2.75, 3.05) is 38.2 Å². The highest BCUT2D eigenvalue weighted by Gasteiger charge is 2.25. The first-order valence-electron chi connectivity index (χ1n) is 9.52. The number of benzene rings is 2. The smallest absolute Gasteiger partial charge is 0.294 e. The minimum atomic E-state index is -0.478. The maximum Gasteiger partial charge on any atom is 0.294 e. The molecule has 0 unspecified atom stereocenters. The maximum atomic E-state index is 12.9. The van der Waals surface area contributed by atoms with E-state index in [0.717, 1.165) is 11.4 Å². The summed E-state index contributed by atoms with van der Waals surface area (Å²) in [4.78, 5) is 31.9. The van der Waals surface area contributed by atoms with E-state index in [9.17, 15) is 14.9 Å². The molecule has 2 heterocycles. The Labute approximate surface area is 173 Å². The van der Waals surface area contributed by atoms with Crippen molar-refractivity contribution in [3.05, 3.63) is 76.9 Å². The summed E-state index contributed by atoms with van der Waals surface area (Å²) < 4.78 is 6.74. The van der Waals surface area contributed by atoms with E-state index >= 15 is 0 Å². The number of nitro benzene ring substituents is 1. The molecule has 1 fully saturated rings. The van der Waals surface area contributed by atoms with Crippen molar-refractivity contribution in [2.45, 2.75) is 0 Å². The zero-order chi connectivity index (χ0) is 21.1. The first kappa shape index (κ1) is 19.4. The molecule has 1 saturated heterocycles. The number of nitrogens with zero attached hydrogens (tertiary/aromatic N) is 5.